The topological polar surface area (TPSA) is 70.5 Å². The van der Waals surface area contributed by atoms with Crippen molar-refractivity contribution in [2.24, 2.45) is 17.4 Å². The molecule has 90 valence electrons. The molecule has 0 fully saturated rings. The van der Waals surface area contributed by atoms with Crippen LogP contribution >= 0.6 is 0 Å². The van der Waals surface area contributed by atoms with Crippen molar-refractivity contribution in [2.45, 2.75) is 13.0 Å². The summed E-state index contributed by atoms with van der Waals surface area (Å²) >= 11 is 0. The summed E-state index contributed by atoms with van der Waals surface area (Å²) in [6.45, 7) is 2.59. The van der Waals surface area contributed by atoms with Gasteiger partial charge in [-0.2, -0.15) is 0 Å². The first-order valence-corrected chi connectivity index (χ1v) is 5.31. The molecular formula is C12H20N2O2. The lowest BCUT2D eigenvalue weighted by atomic mass is 9.95. The average molecular weight is 224 g/mol. The summed E-state index contributed by atoms with van der Waals surface area (Å²) in [7, 11) is 3.22. The molecule has 4 nitrogen and oxygen atoms in total. The lowest BCUT2D eigenvalue weighted by Crippen LogP contribution is -2.25. The highest BCUT2D eigenvalue weighted by Gasteiger charge is 2.15. The Morgan fingerprint density at radius 2 is 1.81 bits per heavy atom. The Labute approximate surface area is 96.5 Å². The van der Waals surface area contributed by atoms with Gasteiger partial charge < -0.3 is 20.9 Å². The van der Waals surface area contributed by atoms with E-state index < -0.39 is 0 Å². The molecule has 0 bridgehead atoms. The third kappa shape index (κ3) is 2.65. The molecule has 2 atom stereocenters. The zero-order valence-corrected chi connectivity index (χ0v) is 10.1. The Balaban J connectivity index is 2.98. The van der Waals surface area contributed by atoms with Gasteiger partial charge in [-0.05, 0) is 30.2 Å². The van der Waals surface area contributed by atoms with E-state index in [1.165, 1.54) is 0 Å². The number of hydrogen-bond acceptors (Lipinski definition) is 4. The van der Waals surface area contributed by atoms with E-state index >= 15 is 0 Å². The van der Waals surface area contributed by atoms with E-state index in [2.05, 4.69) is 0 Å². The predicted molar refractivity (Wildman–Crippen MR) is 64.7 cm³/mol. The Morgan fingerprint density at radius 3 is 2.31 bits per heavy atom. The van der Waals surface area contributed by atoms with Crippen molar-refractivity contribution in [2.75, 3.05) is 20.8 Å². The molecule has 0 aliphatic heterocycles. The van der Waals surface area contributed by atoms with Gasteiger partial charge >= 0.3 is 0 Å². The van der Waals surface area contributed by atoms with Crippen LogP contribution in [0.15, 0.2) is 18.2 Å². The molecule has 0 aliphatic rings. The fraction of sp³-hybridized carbons (Fsp3) is 0.500. The summed E-state index contributed by atoms with van der Waals surface area (Å²) in [5, 5.41) is 0. The van der Waals surface area contributed by atoms with Crippen LogP contribution in [0.5, 0.6) is 11.5 Å². The molecular weight excluding hydrogens is 204 g/mol. The van der Waals surface area contributed by atoms with Gasteiger partial charge in [0.2, 0.25) is 0 Å². The number of methoxy groups -OCH3 is 2. The van der Waals surface area contributed by atoms with Gasteiger partial charge in [0.1, 0.15) is 0 Å². The summed E-state index contributed by atoms with van der Waals surface area (Å²) in [5.74, 6) is 1.64. The molecule has 2 unspecified atom stereocenters. The summed E-state index contributed by atoms with van der Waals surface area (Å²) < 4.78 is 10.4. The molecule has 0 amide bonds. The Morgan fingerprint density at radius 1 is 1.19 bits per heavy atom. The molecule has 4 N–H and O–H groups in total. The van der Waals surface area contributed by atoms with Crippen molar-refractivity contribution in [3.63, 3.8) is 0 Å². The highest BCUT2D eigenvalue weighted by atomic mass is 16.5. The fourth-order valence-electron chi connectivity index (χ4n) is 1.54. The highest BCUT2D eigenvalue weighted by Crippen LogP contribution is 2.31. The minimum Gasteiger partial charge on any atom is -0.493 e. The van der Waals surface area contributed by atoms with Crippen LogP contribution in [0.4, 0.5) is 0 Å². The maximum atomic E-state index is 6.09. The zero-order chi connectivity index (χ0) is 12.1. The monoisotopic (exact) mass is 224 g/mol. The minimum atomic E-state index is -0.0789. The molecule has 1 aromatic carbocycles. The second kappa shape index (κ2) is 5.72. The molecule has 0 saturated heterocycles. The summed E-state index contributed by atoms with van der Waals surface area (Å²) in [6, 6.07) is 5.62. The SMILES string of the molecule is COc1ccc(C(N)C(C)CN)cc1OC. The standard InChI is InChI=1S/C12H20N2O2/c1-8(7-13)12(14)9-4-5-10(15-2)11(6-9)16-3/h4-6,8,12H,7,13-14H2,1-3H3. The Bertz CT molecular complexity index is 342. The number of ether oxygens (including phenoxy) is 2. The normalized spacial score (nSPS) is 14.3. The van der Waals surface area contributed by atoms with E-state index in [1.54, 1.807) is 14.2 Å². The van der Waals surface area contributed by atoms with Crippen molar-refractivity contribution in [1.82, 2.24) is 0 Å². The smallest absolute Gasteiger partial charge is 0.161 e. The number of nitrogens with two attached hydrogens (primary N) is 2. The van der Waals surface area contributed by atoms with Gasteiger partial charge in [0, 0.05) is 6.04 Å². The molecule has 16 heavy (non-hydrogen) atoms. The molecule has 1 rings (SSSR count). The number of rotatable bonds is 5. The van der Waals surface area contributed by atoms with Gasteiger partial charge in [-0.3, -0.25) is 0 Å². The van der Waals surface area contributed by atoms with Crippen LogP contribution in [0.25, 0.3) is 0 Å². The first-order chi connectivity index (χ1) is 7.63. The molecule has 0 saturated carbocycles. The van der Waals surface area contributed by atoms with Crippen LogP contribution in [0.3, 0.4) is 0 Å². The lowest BCUT2D eigenvalue weighted by molar-refractivity contribution is 0.353. The number of hydrogen-bond donors (Lipinski definition) is 2. The highest BCUT2D eigenvalue weighted by molar-refractivity contribution is 5.43. The van der Waals surface area contributed by atoms with Gasteiger partial charge in [-0.15, -0.1) is 0 Å². The van der Waals surface area contributed by atoms with E-state index in [0.717, 1.165) is 5.56 Å². The summed E-state index contributed by atoms with van der Waals surface area (Å²) in [6.07, 6.45) is 0. The summed E-state index contributed by atoms with van der Waals surface area (Å²) in [4.78, 5) is 0. The molecule has 4 heteroatoms. The van der Waals surface area contributed by atoms with Crippen LogP contribution in [0.2, 0.25) is 0 Å². The minimum absolute atomic E-state index is 0.0789. The molecule has 1 aromatic rings. The fourth-order valence-corrected chi connectivity index (χ4v) is 1.54. The maximum absolute atomic E-state index is 6.09. The van der Waals surface area contributed by atoms with Crippen molar-refractivity contribution < 1.29 is 9.47 Å². The van der Waals surface area contributed by atoms with Crippen LogP contribution < -0.4 is 20.9 Å². The van der Waals surface area contributed by atoms with Gasteiger partial charge in [-0.1, -0.05) is 13.0 Å². The van der Waals surface area contributed by atoms with Crippen LogP contribution in [-0.2, 0) is 0 Å². The Hall–Kier alpha value is -1.26. The van der Waals surface area contributed by atoms with E-state index in [1.807, 2.05) is 25.1 Å². The average Bonchev–Trinajstić information content (AvgIpc) is 2.35. The number of benzene rings is 1. The van der Waals surface area contributed by atoms with Crippen LogP contribution in [-0.4, -0.2) is 20.8 Å². The van der Waals surface area contributed by atoms with Gasteiger partial charge in [0.25, 0.3) is 0 Å². The quantitative estimate of drug-likeness (QED) is 0.791. The molecule has 0 radical (unpaired) electrons. The van der Waals surface area contributed by atoms with Gasteiger partial charge in [0.15, 0.2) is 11.5 Å². The molecule has 0 aliphatic carbocycles. The van der Waals surface area contributed by atoms with Crippen molar-refractivity contribution in [3.05, 3.63) is 23.8 Å². The molecule has 0 spiro atoms. The molecule has 0 heterocycles. The molecule has 0 aromatic heterocycles. The first-order valence-electron chi connectivity index (χ1n) is 5.31. The lowest BCUT2D eigenvalue weighted by Gasteiger charge is -2.19. The third-order valence-electron chi connectivity index (χ3n) is 2.78. The summed E-state index contributed by atoms with van der Waals surface area (Å²) in [5.41, 5.74) is 12.7. The maximum Gasteiger partial charge on any atom is 0.161 e. The largest absolute Gasteiger partial charge is 0.493 e. The first kappa shape index (κ1) is 12.8. The van der Waals surface area contributed by atoms with E-state index in [4.69, 9.17) is 20.9 Å². The third-order valence-corrected chi connectivity index (χ3v) is 2.78. The second-order valence-corrected chi connectivity index (χ2v) is 3.85. The zero-order valence-electron chi connectivity index (χ0n) is 10.1. The predicted octanol–water partition coefficient (Wildman–Crippen LogP) is 1.30. The Kier molecular flexibility index (Phi) is 4.58. The van der Waals surface area contributed by atoms with Crippen LogP contribution in [0, 0.1) is 5.92 Å². The second-order valence-electron chi connectivity index (χ2n) is 3.85. The van der Waals surface area contributed by atoms with Gasteiger partial charge in [-0.25, -0.2) is 0 Å². The van der Waals surface area contributed by atoms with Crippen molar-refractivity contribution >= 4 is 0 Å². The van der Waals surface area contributed by atoms with E-state index in [0.29, 0.717) is 18.0 Å². The van der Waals surface area contributed by atoms with E-state index in [-0.39, 0.29) is 12.0 Å². The van der Waals surface area contributed by atoms with Crippen LogP contribution in [0.1, 0.15) is 18.5 Å². The van der Waals surface area contributed by atoms with Crippen molar-refractivity contribution in [1.29, 1.82) is 0 Å². The van der Waals surface area contributed by atoms with Crippen molar-refractivity contribution in [3.8, 4) is 11.5 Å². The van der Waals surface area contributed by atoms with E-state index in [9.17, 15) is 0 Å². The van der Waals surface area contributed by atoms with Gasteiger partial charge in [0.05, 0.1) is 14.2 Å².